The molecule has 5 unspecified atom stereocenters. The van der Waals surface area contributed by atoms with Crippen molar-refractivity contribution in [1.29, 1.82) is 0 Å². The Morgan fingerprint density at radius 3 is 2.68 bits per heavy atom. The molecule has 1 aromatic rings. The minimum atomic E-state index is -1.64. The van der Waals surface area contributed by atoms with E-state index in [4.69, 9.17) is 16.3 Å². The van der Waals surface area contributed by atoms with Crippen LogP contribution in [0.5, 0.6) is 0 Å². The molecule has 0 bridgehead atoms. The number of non-ortho nitro benzene ring substituents is 1. The van der Waals surface area contributed by atoms with E-state index in [1.807, 2.05) is 13.0 Å². The van der Waals surface area contributed by atoms with Gasteiger partial charge in [0.05, 0.1) is 15.5 Å². The minimum absolute atomic E-state index is 0.0851. The summed E-state index contributed by atoms with van der Waals surface area (Å²) in [4.78, 5) is 48.2. The molecule has 4 aliphatic rings. The van der Waals surface area contributed by atoms with E-state index in [0.29, 0.717) is 25.7 Å². The highest BCUT2D eigenvalue weighted by Crippen LogP contribution is 2.65. The van der Waals surface area contributed by atoms with Crippen molar-refractivity contribution in [2.45, 2.75) is 64.4 Å². The Balaban J connectivity index is 1.34. The number of benzene rings is 1. The first kappa shape index (κ1) is 25.8. The molecule has 0 aliphatic heterocycles. The molecule has 0 saturated heterocycles. The molecule has 9 heteroatoms. The number of aliphatic hydroxyl groups is 1. The lowest BCUT2D eigenvalue weighted by atomic mass is 9.50. The number of Topliss-reactive ketones (excluding diaryl/α,β-unsaturated/α-hetero) is 1. The maximum Gasteiger partial charge on any atom is 0.340 e. The predicted molar refractivity (Wildman–Crippen MR) is 135 cm³/mol. The van der Waals surface area contributed by atoms with Gasteiger partial charge in [0, 0.05) is 29.4 Å². The largest absolute Gasteiger partial charge is 0.454 e. The van der Waals surface area contributed by atoms with Gasteiger partial charge in [-0.15, -0.1) is 0 Å². The number of hydrogen-bond donors (Lipinski definition) is 1. The lowest BCUT2D eigenvalue weighted by Crippen LogP contribution is -2.55. The van der Waals surface area contributed by atoms with E-state index in [0.717, 1.165) is 31.4 Å². The minimum Gasteiger partial charge on any atom is -0.454 e. The van der Waals surface area contributed by atoms with Crippen LogP contribution in [0.15, 0.2) is 41.5 Å². The Labute approximate surface area is 219 Å². The zero-order valence-electron chi connectivity index (χ0n) is 20.9. The maximum absolute atomic E-state index is 13.4. The summed E-state index contributed by atoms with van der Waals surface area (Å²) in [7, 11) is 0. The SMILES string of the molecule is CC12CCC(=O)C=C1CCC1C2=CCC2(C)C1CCC2(O)C(=O)COC(=O)c1ccc([N+](=O)[O-])cc1Cl. The summed E-state index contributed by atoms with van der Waals surface area (Å²) in [6.07, 6.45) is 8.60. The number of ether oxygens (including phenoxy) is 1. The predicted octanol–water partition coefficient (Wildman–Crippen LogP) is 5.16. The van der Waals surface area contributed by atoms with Gasteiger partial charge >= 0.3 is 5.97 Å². The van der Waals surface area contributed by atoms with E-state index in [-0.39, 0.29) is 39.3 Å². The number of nitro benzene ring substituents is 1. The molecule has 4 aliphatic carbocycles. The zero-order chi connectivity index (χ0) is 26.8. The van der Waals surface area contributed by atoms with Crippen molar-refractivity contribution in [3.63, 3.8) is 0 Å². The molecule has 0 aromatic heterocycles. The van der Waals surface area contributed by atoms with Crippen molar-refractivity contribution in [3.05, 3.63) is 62.2 Å². The molecule has 5 rings (SSSR count). The second kappa shape index (κ2) is 8.88. The van der Waals surface area contributed by atoms with E-state index in [2.05, 4.69) is 13.0 Å². The molecule has 0 heterocycles. The van der Waals surface area contributed by atoms with Crippen LogP contribution < -0.4 is 0 Å². The summed E-state index contributed by atoms with van der Waals surface area (Å²) < 4.78 is 5.22. The Morgan fingerprint density at radius 1 is 1.22 bits per heavy atom. The van der Waals surface area contributed by atoms with Gasteiger partial charge in [-0.3, -0.25) is 19.7 Å². The molecule has 0 spiro atoms. The summed E-state index contributed by atoms with van der Waals surface area (Å²) >= 11 is 6.02. The summed E-state index contributed by atoms with van der Waals surface area (Å²) in [5.41, 5.74) is -0.274. The maximum atomic E-state index is 13.4. The molecule has 8 nitrogen and oxygen atoms in total. The fourth-order valence-corrected chi connectivity index (χ4v) is 7.69. The standard InChI is InChI=1S/C28H30ClNO7/c1-26-10-7-18(31)13-16(26)3-5-19-21(26)8-11-27(2)22(19)9-12-28(27,34)24(32)15-37-25(33)20-6-4-17(30(35)36)14-23(20)29/h4,6,8,13-14,19,22,34H,3,5,7,9-12,15H2,1-2H3. The third-order valence-electron chi connectivity index (χ3n) is 9.67. The van der Waals surface area contributed by atoms with Crippen LogP contribution >= 0.6 is 11.6 Å². The van der Waals surface area contributed by atoms with E-state index >= 15 is 0 Å². The number of esters is 1. The molecule has 2 fully saturated rings. The van der Waals surface area contributed by atoms with Crippen LogP contribution in [0, 0.1) is 32.8 Å². The molecule has 196 valence electrons. The Kier molecular flexibility index (Phi) is 6.19. The van der Waals surface area contributed by atoms with Gasteiger partial charge in [0.25, 0.3) is 5.69 Å². The van der Waals surface area contributed by atoms with E-state index < -0.39 is 34.3 Å². The first-order valence-corrected chi connectivity index (χ1v) is 13.1. The molecule has 2 saturated carbocycles. The highest BCUT2D eigenvalue weighted by Gasteiger charge is 2.64. The number of halogens is 1. The smallest absolute Gasteiger partial charge is 0.340 e. The highest BCUT2D eigenvalue weighted by molar-refractivity contribution is 6.33. The fraction of sp³-hybridized carbons (Fsp3) is 0.536. The normalized spacial score (nSPS) is 34.4. The number of nitrogens with zero attached hydrogens (tertiary/aromatic N) is 1. The second-order valence-corrected chi connectivity index (χ2v) is 11.7. The number of allylic oxidation sites excluding steroid dienone is 4. The number of hydrogen-bond acceptors (Lipinski definition) is 7. The summed E-state index contributed by atoms with van der Waals surface area (Å²) in [5, 5.41) is 22.5. The van der Waals surface area contributed by atoms with Crippen molar-refractivity contribution in [2.24, 2.45) is 22.7 Å². The molecule has 37 heavy (non-hydrogen) atoms. The van der Waals surface area contributed by atoms with Crippen molar-refractivity contribution >= 4 is 34.8 Å². The van der Waals surface area contributed by atoms with Gasteiger partial charge in [0.2, 0.25) is 5.78 Å². The molecule has 0 radical (unpaired) electrons. The van der Waals surface area contributed by atoms with Crippen molar-refractivity contribution in [1.82, 2.24) is 0 Å². The van der Waals surface area contributed by atoms with Crippen LogP contribution in [0.3, 0.4) is 0 Å². The van der Waals surface area contributed by atoms with Crippen LogP contribution in [0.1, 0.15) is 69.2 Å². The molecule has 1 aromatic carbocycles. The van der Waals surface area contributed by atoms with Crippen molar-refractivity contribution < 1.29 is 29.2 Å². The van der Waals surface area contributed by atoms with E-state index in [1.165, 1.54) is 17.2 Å². The lowest BCUT2D eigenvalue weighted by Gasteiger charge is -2.54. The number of ketones is 2. The summed E-state index contributed by atoms with van der Waals surface area (Å²) in [6.45, 7) is 3.57. The second-order valence-electron chi connectivity index (χ2n) is 11.3. The zero-order valence-corrected chi connectivity index (χ0v) is 21.7. The van der Waals surface area contributed by atoms with E-state index in [9.17, 15) is 29.6 Å². The summed E-state index contributed by atoms with van der Waals surface area (Å²) in [6, 6.07) is 3.38. The van der Waals surface area contributed by atoms with E-state index in [1.54, 1.807) is 0 Å². The van der Waals surface area contributed by atoms with Crippen LogP contribution in [-0.2, 0) is 14.3 Å². The molecular formula is C28H30ClNO7. The first-order valence-electron chi connectivity index (χ1n) is 12.7. The van der Waals surface area contributed by atoms with Crippen LogP contribution in [-0.4, -0.2) is 39.8 Å². The fourth-order valence-electron chi connectivity index (χ4n) is 7.44. The molecule has 5 atom stereocenters. The quantitative estimate of drug-likeness (QED) is 0.243. The summed E-state index contributed by atoms with van der Waals surface area (Å²) in [5.74, 6) is -0.896. The average Bonchev–Trinajstić information content (AvgIpc) is 3.14. The highest BCUT2D eigenvalue weighted by atomic mass is 35.5. The Hall–Kier alpha value is -2.84. The van der Waals surface area contributed by atoms with Crippen molar-refractivity contribution in [2.75, 3.05) is 6.61 Å². The number of carbonyl (C=O) groups excluding carboxylic acids is 3. The van der Waals surface area contributed by atoms with Crippen LogP contribution in [0.4, 0.5) is 5.69 Å². The Bertz CT molecular complexity index is 1290. The topological polar surface area (TPSA) is 124 Å². The third-order valence-corrected chi connectivity index (χ3v) is 9.98. The number of carbonyl (C=O) groups is 3. The monoisotopic (exact) mass is 527 g/mol. The van der Waals surface area contributed by atoms with Gasteiger partial charge in [-0.2, -0.15) is 0 Å². The van der Waals surface area contributed by atoms with Crippen molar-refractivity contribution in [3.8, 4) is 0 Å². The van der Waals surface area contributed by atoms with Crippen LogP contribution in [0.25, 0.3) is 0 Å². The molecule has 0 amide bonds. The Morgan fingerprint density at radius 2 is 1.97 bits per heavy atom. The average molecular weight is 528 g/mol. The van der Waals surface area contributed by atoms with Crippen LogP contribution in [0.2, 0.25) is 5.02 Å². The molecular weight excluding hydrogens is 498 g/mol. The molecule has 1 N–H and O–H groups in total. The number of fused-ring (bicyclic) bond motifs is 5. The van der Waals surface area contributed by atoms with Gasteiger partial charge in [0.1, 0.15) is 5.60 Å². The van der Waals surface area contributed by atoms with Gasteiger partial charge in [-0.25, -0.2) is 4.79 Å². The van der Waals surface area contributed by atoms with Gasteiger partial charge < -0.3 is 9.84 Å². The third kappa shape index (κ3) is 3.87. The number of rotatable bonds is 5. The van der Waals surface area contributed by atoms with Gasteiger partial charge in [-0.05, 0) is 62.5 Å². The number of nitro groups is 1. The van der Waals surface area contributed by atoms with Gasteiger partial charge in [-0.1, -0.05) is 42.7 Å². The lowest BCUT2D eigenvalue weighted by molar-refractivity contribution is -0.384. The van der Waals surface area contributed by atoms with Gasteiger partial charge in [0.15, 0.2) is 12.4 Å². The first-order chi connectivity index (χ1) is 17.4.